The van der Waals surface area contributed by atoms with E-state index < -0.39 is 0 Å². The number of para-hydroxylation sites is 3. The molecule has 0 amide bonds. The van der Waals surface area contributed by atoms with Gasteiger partial charge in [-0.25, -0.2) is 0 Å². The first kappa shape index (κ1) is 16.6. The fourth-order valence-corrected chi connectivity index (χ4v) is 2.52. The highest BCUT2D eigenvalue weighted by Crippen LogP contribution is 2.33. The normalized spacial score (nSPS) is 11.8. The third-order valence-electron chi connectivity index (χ3n) is 3.66. The van der Waals surface area contributed by atoms with Gasteiger partial charge in [0, 0.05) is 17.1 Å². The summed E-state index contributed by atoms with van der Waals surface area (Å²) in [7, 11) is 0. The Kier molecular flexibility index (Phi) is 6.06. The molecule has 3 aromatic carbocycles. The van der Waals surface area contributed by atoms with Crippen molar-refractivity contribution in [1.29, 1.82) is 0 Å². The molecule has 3 aromatic rings. The van der Waals surface area contributed by atoms with Gasteiger partial charge in [-0.1, -0.05) is 60.7 Å². The van der Waals surface area contributed by atoms with E-state index in [1.165, 1.54) is 17.1 Å². The van der Waals surface area contributed by atoms with Crippen LogP contribution in [0.2, 0.25) is 0 Å². The molecule has 0 aliphatic carbocycles. The maximum Gasteiger partial charge on any atom is 0.106 e. The highest BCUT2D eigenvalue weighted by atomic mass is 16.5. The van der Waals surface area contributed by atoms with Crippen LogP contribution in [0.3, 0.4) is 0 Å². The molecule has 0 N–H and O–H groups in total. The Morgan fingerprint density at radius 1 is 0.560 bits per heavy atom. The van der Waals surface area contributed by atoms with Crippen LogP contribution in [0.5, 0.6) is 0 Å². The van der Waals surface area contributed by atoms with Crippen molar-refractivity contribution in [2.24, 2.45) is 0 Å². The number of rotatable bonds is 3. The predicted octanol–water partition coefficient (Wildman–Crippen LogP) is 6.24. The zero-order valence-electron chi connectivity index (χ0n) is 14.0. The molecule has 4 rings (SSSR count). The number of hydrogen-bond acceptors (Lipinski definition) is 2. The highest BCUT2D eigenvalue weighted by molar-refractivity contribution is 5.76. The van der Waals surface area contributed by atoms with Gasteiger partial charge >= 0.3 is 0 Å². The molecule has 0 aromatic heterocycles. The Hall–Kier alpha value is -3.26. The average Bonchev–Trinajstić information content (AvgIpc) is 2.72. The molecule has 0 bridgehead atoms. The third-order valence-corrected chi connectivity index (χ3v) is 3.66. The van der Waals surface area contributed by atoms with Gasteiger partial charge in [-0.05, 0) is 48.6 Å². The topological polar surface area (TPSA) is 12.5 Å². The first-order valence-corrected chi connectivity index (χ1v) is 8.34. The van der Waals surface area contributed by atoms with Crippen molar-refractivity contribution in [3.8, 4) is 0 Å². The maximum absolute atomic E-state index is 4.80. The van der Waals surface area contributed by atoms with E-state index in [0.717, 1.165) is 6.61 Å². The van der Waals surface area contributed by atoms with Crippen LogP contribution in [0.15, 0.2) is 115 Å². The Bertz CT molecular complexity index is 689. The molecule has 0 radical (unpaired) electrons. The fraction of sp³-hybridized carbons (Fsp3) is 0.0435. The summed E-state index contributed by atoms with van der Waals surface area (Å²) >= 11 is 0. The lowest BCUT2D eigenvalue weighted by molar-refractivity contribution is 0.286. The summed E-state index contributed by atoms with van der Waals surface area (Å²) in [4.78, 5) is 2.25. The van der Waals surface area contributed by atoms with Crippen LogP contribution in [0, 0.1) is 0 Å². The van der Waals surface area contributed by atoms with Crippen molar-refractivity contribution < 1.29 is 4.74 Å². The Labute approximate surface area is 149 Å². The van der Waals surface area contributed by atoms with Crippen LogP contribution in [-0.2, 0) is 4.74 Å². The SMILES string of the molecule is C1=CCOC=C1.c1ccc(N(c2ccccc2)c2ccccc2)cc1. The quantitative estimate of drug-likeness (QED) is 0.564. The van der Waals surface area contributed by atoms with Gasteiger partial charge in [-0.2, -0.15) is 0 Å². The van der Waals surface area contributed by atoms with Gasteiger partial charge in [0.2, 0.25) is 0 Å². The molecule has 1 aliphatic heterocycles. The summed E-state index contributed by atoms with van der Waals surface area (Å²) in [5.41, 5.74) is 3.50. The van der Waals surface area contributed by atoms with Gasteiger partial charge < -0.3 is 9.64 Å². The van der Waals surface area contributed by atoms with Gasteiger partial charge in [0.05, 0.1) is 6.26 Å². The lowest BCUT2D eigenvalue weighted by Crippen LogP contribution is -2.09. The smallest absolute Gasteiger partial charge is 0.106 e. The van der Waals surface area contributed by atoms with Crippen LogP contribution in [0.25, 0.3) is 0 Å². The second kappa shape index (κ2) is 9.14. The van der Waals surface area contributed by atoms with Crippen LogP contribution >= 0.6 is 0 Å². The van der Waals surface area contributed by atoms with E-state index in [1.807, 2.05) is 36.4 Å². The summed E-state index contributed by atoms with van der Waals surface area (Å²) in [5.74, 6) is 0. The summed E-state index contributed by atoms with van der Waals surface area (Å²) in [6, 6.07) is 31.3. The van der Waals surface area contributed by atoms with Crippen molar-refractivity contribution in [3.63, 3.8) is 0 Å². The van der Waals surface area contributed by atoms with Gasteiger partial charge in [-0.3, -0.25) is 0 Å². The van der Waals surface area contributed by atoms with Crippen molar-refractivity contribution >= 4 is 17.1 Å². The van der Waals surface area contributed by atoms with Gasteiger partial charge in [0.25, 0.3) is 0 Å². The summed E-state index contributed by atoms with van der Waals surface area (Å²) in [5, 5.41) is 0. The first-order valence-electron chi connectivity index (χ1n) is 8.34. The van der Waals surface area contributed by atoms with E-state index in [2.05, 4.69) is 77.7 Å². The highest BCUT2D eigenvalue weighted by Gasteiger charge is 2.10. The molecule has 0 saturated carbocycles. The van der Waals surface area contributed by atoms with Crippen LogP contribution in [0.4, 0.5) is 17.1 Å². The molecule has 2 nitrogen and oxygen atoms in total. The predicted molar refractivity (Wildman–Crippen MR) is 105 cm³/mol. The molecule has 1 heterocycles. The standard InChI is InChI=1S/C18H15N.C5H6O/c1-4-10-16(11-5-1)19(17-12-6-2-7-13-17)18-14-8-3-9-15-18;1-2-4-6-5-3-1/h1-15H;1-4H,5H2. The van der Waals surface area contributed by atoms with E-state index in [9.17, 15) is 0 Å². The monoisotopic (exact) mass is 327 g/mol. The zero-order valence-corrected chi connectivity index (χ0v) is 14.0. The number of benzene rings is 3. The summed E-state index contributed by atoms with van der Waals surface area (Å²) < 4.78 is 4.80. The molecule has 2 heteroatoms. The summed E-state index contributed by atoms with van der Waals surface area (Å²) in [6.07, 6.45) is 7.47. The molecule has 0 atom stereocenters. The molecule has 0 saturated heterocycles. The number of hydrogen-bond donors (Lipinski definition) is 0. The summed E-state index contributed by atoms with van der Waals surface area (Å²) in [6.45, 7) is 0.733. The van der Waals surface area contributed by atoms with Crippen molar-refractivity contribution in [1.82, 2.24) is 0 Å². The van der Waals surface area contributed by atoms with Crippen LogP contribution < -0.4 is 4.90 Å². The third kappa shape index (κ3) is 4.85. The first-order chi connectivity index (χ1) is 12.4. The fourth-order valence-electron chi connectivity index (χ4n) is 2.52. The van der Waals surface area contributed by atoms with E-state index in [1.54, 1.807) is 6.26 Å². The minimum absolute atomic E-state index is 0.733. The van der Waals surface area contributed by atoms with E-state index in [4.69, 9.17) is 4.74 Å². The molecule has 25 heavy (non-hydrogen) atoms. The van der Waals surface area contributed by atoms with E-state index >= 15 is 0 Å². The van der Waals surface area contributed by atoms with Gasteiger partial charge in [-0.15, -0.1) is 0 Å². The minimum atomic E-state index is 0.733. The second-order valence-electron chi connectivity index (χ2n) is 5.43. The lowest BCUT2D eigenvalue weighted by Gasteiger charge is -2.25. The molecular weight excluding hydrogens is 306 g/mol. The second-order valence-corrected chi connectivity index (χ2v) is 5.43. The number of allylic oxidation sites excluding steroid dienone is 2. The van der Waals surface area contributed by atoms with E-state index in [0.29, 0.717) is 0 Å². The van der Waals surface area contributed by atoms with Crippen LogP contribution in [0.1, 0.15) is 0 Å². The minimum Gasteiger partial charge on any atom is -0.497 e. The number of anilines is 3. The van der Waals surface area contributed by atoms with Crippen LogP contribution in [-0.4, -0.2) is 6.61 Å². The van der Waals surface area contributed by atoms with Gasteiger partial charge in [0.15, 0.2) is 0 Å². The number of nitrogens with zero attached hydrogens (tertiary/aromatic N) is 1. The number of ether oxygens (including phenoxy) is 1. The van der Waals surface area contributed by atoms with Crippen molar-refractivity contribution in [3.05, 3.63) is 115 Å². The lowest BCUT2D eigenvalue weighted by atomic mass is 10.2. The average molecular weight is 327 g/mol. The largest absolute Gasteiger partial charge is 0.497 e. The van der Waals surface area contributed by atoms with Gasteiger partial charge in [0.1, 0.15) is 6.61 Å². The zero-order chi connectivity index (χ0) is 17.2. The molecule has 124 valence electrons. The molecule has 1 aliphatic rings. The molecule has 0 unspecified atom stereocenters. The van der Waals surface area contributed by atoms with Crippen molar-refractivity contribution in [2.75, 3.05) is 11.5 Å². The van der Waals surface area contributed by atoms with Crippen molar-refractivity contribution in [2.45, 2.75) is 0 Å². The van der Waals surface area contributed by atoms with E-state index in [-0.39, 0.29) is 0 Å². The molecular formula is C23H21NO. The maximum atomic E-state index is 4.80. The Balaban J connectivity index is 0.000000258. The molecule has 0 fully saturated rings. The Morgan fingerprint density at radius 3 is 1.24 bits per heavy atom. The molecule has 0 spiro atoms. The Morgan fingerprint density at radius 2 is 1.00 bits per heavy atom.